The Kier molecular flexibility index (Phi) is 6.72. The van der Waals surface area contributed by atoms with Gasteiger partial charge < -0.3 is 10.1 Å². The number of nitrogens with zero attached hydrogens (tertiary/aromatic N) is 1. The van der Waals surface area contributed by atoms with Crippen molar-refractivity contribution >= 4 is 28.5 Å². The quantitative estimate of drug-likeness (QED) is 0.610. The van der Waals surface area contributed by atoms with Crippen LogP contribution in [0.15, 0.2) is 72.8 Å². The van der Waals surface area contributed by atoms with Crippen LogP contribution in [0.25, 0.3) is 10.8 Å². The van der Waals surface area contributed by atoms with Crippen LogP contribution < -0.4 is 5.32 Å². The summed E-state index contributed by atoms with van der Waals surface area (Å²) < 4.78 is 5.50. The van der Waals surface area contributed by atoms with Crippen LogP contribution in [0.5, 0.6) is 0 Å². The van der Waals surface area contributed by atoms with E-state index < -0.39 is 11.7 Å². The Labute approximate surface area is 177 Å². The highest BCUT2D eigenvalue weighted by Crippen LogP contribution is 2.19. The number of nitrogens with one attached hydrogen (secondary N) is 1. The molecule has 3 aromatic rings. The number of rotatable bonds is 6. The first kappa shape index (κ1) is 21.4. The summed E-state index contributed by atoms with van der Waals surface area (Å²) in [6, 6.07) is 23.6. The van der Waals surface area contributed by atoms with Gasteiger partial charge in [-0.2, -0.15) is 0 Å². The number of ether oxygens (including phenoxy) is 1. The predicted octanol–water partition coefficient (Wildman–Crippen LogP) is 5.26. The Balaban J connectivity index is 1.68. The number of benzene rings is 3. The highest BCUT2D eigenvalue weighted by atomic mass is 16.6. The molecule has 0 saturated carbocycles. The summed E-state index contributed by atoms with van der Waals surface area (Å²) in [5.74, 6) is -0.260. The third kappa shape index (κ3) is 6.34. The van der Waals surface area contributed by atoms with E-state index in [1.54, 1.807) is 0 Å². The molecular weight excluding hydrogens is 376 g/mol. The van der Waals surface area contributed by atoms with E-state index in [1.807, 2.05) is 93.6 Å². The molecule has 0 saturated heterocycles. The molecule has 0 aromatic heterocycles. The lowest BCUT2D eigenvalue weighted by Gasteiger charge is -2.27. The van der Waals surface area contributed by atoms with Crippen LogP contribution in [0, 0.1) is 0 Å². The van der Waals surface area contributed by atoms with Crippen LogP contribution in [0.4, 0.5) is 10.5 Å². The van der Waals surface area contributed by atoms with Crippen molar-refractivity contribution in [3.8, 4) is 0 Å². The highest BCUT2D eigenvalue weighted by Gasteiger charge is 2.24. The van der Waals surface area contributed by atoms with Gasteiger partial charge in [-0.1, -0.05) is 60.7 Å². The number of hydrogen-bond acceptors (Lipinski definition) is 3. The predicted molar refractivity (Wildman–Crippen MR) is 121 cm³/mol. The average Bonchev–Trinajstić information content (AvgIpc) is 2.70. The smallest absolute Gasteiger partial charge is 0.410 e. The van der Waals surface area contributed by atoms with E-state index in [2.05, 4.69) is 5.32 Å². The fourth-order valence-electron chi connectivity index (χ4n) is 3.11. The van der Waals surface area contributed by atoms with Crippen LogP contribution in [0.1, 0.15) is 26.3 Å². The Hall–Kier alpha value is -3.34. The number of carbonyl (C=O) groups is 2. The van der Waals surface area contributed by atoms with Gasteiger partial charge in [-0.3, -0.25) is 9.69 Å². The third-order valence-corrected chi connectivity index (χ3v) is 4.53. The van der Waals surface area contributed by atoms with Crippen molar-refractivity contribution in [2.24, 2.45) is 0 Å². The summed E-state index contributed by atoms with van der Waals surface area (Å²) >= 11 is 0. The number of hydrogen-bond donors (Lipinski definition) is 1. The lowest BCUT2D eigenvalue weighted by Crippen LogP contribution is -2.42. The minimum atomic E-state index is -0.628. The summed E-state index contributed by atoms with van der Waals surface area (Å²) in [5, 5.41) is 5.04. The molecule has 0 aliphatic carbocycles. The van der Waals surface area contributed by atoms with Gasteiger partial charge >= 0.3 is 6.09 Å². The maximum atomic E-state index is 12.7. The van der Waals surface area contributed by atoms with Crippen molar-refractivity contribution in [1.82, 2.24) is 4.90 Å². The molecule has 0 heterocycles. The fraction of sp³-hybridized carbons (Fsp3) is 0.280. The van der Waals surface area contributed by atoms with E-state index in [0.29, 0.717) is 18.7 Å². The van der Waals surface area contributed by atoms with Crippen LogP contribution >= 0.6 is 0 Å². The molecule has 3 rings (SSSR count). The molecular formula is C25H28N2O3. The zero-order valence-electron chi connectivity index (χ0n) is 17.7. The molecule has 5 heteroatoms. The second-order valence-corrected chi connectivity index (χ2v) is 8.25. The topological polar surface area (TPSA) is 58.6 Å². The van der Waals surface area contributed by atoms with Crippen molar-refractivity contribution < 1.29 is 14.3 Å². The van der Waals surface area contributed by atoms with E-state index in [-0.39, 0.29) is 12.5 Å². The minimum absolute atomic E-state index is 0.0748. The van der Waals surface area contributed by atoms with Crippen molar-refractivity contribution in [3.63, 3.8) is 0 Å². The fourth-order valence-corrected chi connectivity index (χ4v) is 3.11. The Morgan fingerprint density at radius 3 is 2.27 bits per heavy atom. The standard InChI is InChI=1S/C25H28N2O3/c1-25(2,3)30-24(29)27(16-15-19-9-5-4-6-10-19)18-23(28)26-22-14-13-20-11-7-8-12-21(20)17-22/h4-14,17H,15-16,18H2,1-3H3,(H,26,28). The summed E-state index contributed by atoms with van der Waals surface area (Å²) in [4.78, 5) is 26.8. The monoisotopic (exact) mass is 404 g/mol. The Bertz CT molecular complexity index is 1010. The first-order valence-corrected chi connectivity index (χ1v) is 10.1. The first-order valence-electron chi connectivity index (χ1n) is 10.1. The van der Waals surface area contributed by atoms with Gasteiger partial charge in [0.2, 0.25) is 5.91 Å². The van der Waals surface area contributed by atoms with Gasteiger partial charge in [-0.25, -0.2) is 4.79 Å². The molecule has 0 spiro atoms. The van der Waals surface area contributed by atoms with Crippen molar-refractivity contribution in [2.45, 2.75) is 32.8 Å². The van der Waals surface area contributed by atoms with Gasteiger partial charge in [0.05, 0.1) is 0 Å². The molecule has 0 radical (unpaired) electrons. The van der Waals surface area contributed by atoms with E-state index in [9.17, 15) is 9.59 Å². The molecule has 3 aromatic carbocycles. The van der Waals surface area contributed by atoms with Crippen LogP contribution in [0.2, 0.25) is 0 Å². The van der Waals surface area contributed by atoms with Crippen LogP contribution in [-0.2, 0) is 16.0 Å². The van der Waals surface area contributed by atoms with Gasteiger partial charge in [-0.05, 0) is 55.7 Å². The van der Waals surface area contributed by atoms with Crippen molar-refractivity contribution in [3.05, 3.63) is 78.4 Å². The zero-order valence-corrected chi connectivity index (χ0v) is 17.7. The normalized spacial score (nSPS) is 11.2. The first-order chi connectivity index (χ1) is 14.3. The Morgan fingerprint density at radius 1 is 0.900 bits per heavy atom. The Morgan fingerprint density at radius 2 is 1.57 bits per heavy atom. The van der Waals surface area contributed by atoms with E-state index in [1.165, 1.54) is 4.90 Å². The molecule has 156 valence electrons. The minimum Gasteiger partial charge on any atom is -0.444 e. The number of carbonyl (C=O) groups excluding carboxylic acids is 2. The van der Waals surface area contributed by atoms with Crippen molar-refractivity contribution in [1.29, 1.82) is 0 Å². The van der Waals surface area contributed by atoms with Gasteiger partial charge in [-0.15, -0.1) is 0 Å². The summed E-state index contributed by atoms with van der Waals surface area (Å²) in [6.07, 6.45) is 0.149. The molecule has 30 heavy (non-hydrogen) atoms. The zero-order chi connectivity index (χ0) is 21.6. The summed E-state index contributed by atoms with van der Waals surface area (Å²) in [6.45, 7) is 5.76. The maximum Gasteiger partial charge on any atom is 0.410 e. The molecule has 0 bridgehead atoms. The third-order valence-electron chi connectivity index (χ3n) is 4.53. The lowest BCUT2D eigenvalue weighted by molar-refractivity contribution is -0.117. The molecule has 2 amide bonds. The van der Waals surface area contributed by atoms with E-state index >= 15 is 0 Å². The van der Waals surface area contributed by atoms with Gasteiger partial charge in [0.1, 0.15) is 12.1 Å². The van der Waals surface area contributed by atoms with E-state index in [0.717, 1.165) is 16.3 Å². The largest absolute Gasteiger partial charge is 0.444 e. The van der Waals surface area contributed by atoms with Crippen LogP contribution in [-0.4, -0.2) is 35.6 Å². The molecule has 0 fully saturated rings. The van der Waals surface area contributed by atoms with Crippen LogP contribution in [0.3, 0.4) is 0 Å². The molecule has 0 aliphatic heterocycles. The second kappa shape index (κ2) is 9.44. The number of fused-ring (bicyclic) bond motifs is 1. The molecule has 1 N–H and O–H groups in total. The van der Waals surface area contributed by atoms with E-state index in [4.69, 9.17) is 4.74 Å². The number of amides is 2. The molecule has 0 unspecified atom stereocenters. The lowest BCUT2D eigenvalue weighted by atomic mass is 10.1. The highest BCUT2D eigenvalue weighted by molar-refractivity contribution is 5.96. The number of anilines is 1. The van der Waals surface area contributed by atoms with Gasteiger partial charge in [0.15, 0.2) is 0 Å². The molecule has 0 aliphatic rings. The maximum absolute atomic E-state index is 12.7. The summed E-state index contributed by atoms with van der Waals surface area (Å²) in [5.41, 5.74) is 1.17. The van der Waals surface area contributed by atoms with Gasteiger partial charge in [0.25, 0.3) is 0 Å². The van der Waals surface area contributed by atoms with Crippen molar-refractivity contribution in [2.75, 3.05) is 18.4 Å². The van der Waals surface area contributed by atoms with Gasteiger partial charge in [0, 0.05) is 12.2 Å². The molecule has 5 nitrogen and oxygen atoms in total. The average molecular weight is 405 g/mol. The SMILES string of the molecule is CC(C)(C)OC(=O)N(CCc1ccccc1)CC(=O)Nc1ccc2ccccc2c1. The molecule has 0 atom stereocenters. The summed E-state index contributed by atoms with van der Waals surface area (Å²) in [7, 11) is 0. The second-order valence-electron chi connectivity index (χ2n) is 8.25.